The van der Waals surface area contributed by atoms with Gasteiger partial charge < -0.3 is 0 Å². The van der Waals surface area contributed by atoms with E-state index in [0.29, 0.717) is 0 Å². The second-order valence-electron chi connectivity index (χ2n) is 3.28. The summed E-state index contributed by atoms with van der Waals surface area (Å²) in [5.41, 5.74) is 1.50. The van der Waals surface area contributed by atoms with Crippen molar-refractivity contribution in [2.45, 2.75) is 59.8 Å². The first kappa shape index (κ1) is 15.5. The van der Waals surface area contributed by atoms with Crippen molar-refractivity contribution >= 4 is 11.6 Å². The fourth-order valence-electron chi connectivity index (χ4n) is 0.883. The van der Waals surface area contributed by atoms with Crippen LogP contribution in [0.5, 0.6) is 0 Å². The summed E-state index contributed by atoms with van der Waals surface area (Å²) in [6, 6.07) is 0. The molecule has 0 amide bonds. The van der Waals surface area contributed by atoms with Crippen molar-refractivity contribution < 1.29 is 0 Å². The van der Waals surface area contributed by atoms with Crippen LogP contribution in [0, 0.1) is 0 Å². The highest BCUT2D eigenvalue weighted by Gasteiger charge is 1.79. The molecule has 0 rings (SSSR count). The van der Waals surface area contributed by atoms with E-state index < -0.39 is 0 Å². The molecular formula is C12H25Cl. The fraction of sp³-hybridized carbons (Fsp3) is 0.833. The Balaban J connectivity index is 0. The number of alkyl halides is 1. The van der Waals surface area contributed by atoms with Gasteiger partial charge in [-0.25, -0.2) is 0 Å². The summed E-state index contributed by atoms with van der Waals surface area (Å²) in [5.74, 6) is 0.827. The van der Waals surface area contributed by atoms with Crippen molar-refractivity contribution in [3.63, 3.8) is 0 Å². The molecule has 0 nitrogen and oxygen atoms in total. The first-order chi connectivity index (χ1) is 6.22. The lowest BCUT2D eigenvalue weighted by molar-refractivity contribution is 0.776. The van der Waals surface area contributed by atoms with Gasteiger partial charge in [0.2, 0.25) is 0 Å². The topological polar surface area (TPSA) is 0 Å². The van der Waals surface area contributed by atoms with Gasteiger partial charge in [-0.2, -0.15) is 0 Å². The summed E-state index contributed by atoms with van der Waals surface area (Å²) < 4.78 is 0. The second-order valence-corrected chi connectivity index (χ2v) is 3.66. The van der Waals surface area contributed by atoms with Crippen molar-refractivity contribution in [1.82, 2.24) is 0 Å². The molecule has 0 saturated heterocycles. The smallest absolute Gasteiger partial charge is 0.0223 e. The minimum Gasteiger partial charge on any atom is -0.127 e. The Morgan fingerprint density at radius 1 is 1.15 bits per heavy atom. The van der Waals surface area contributed by atoms with Crippen LogP contribution in [0.25, 0.3) is 0 Å². The molecule has 0 radical (unpaired) electrons. The summed E-state index contributed by atoms with van der Waals surface area (Å²) in [6.07, 6.45) is 8.43. The van der Waals surface area contributed by atoms with E-state index in [9.17, 15) is 0 Å². The molecule has 0 atom stereocenters. The average molecular weight is 205 g/mol. The molecule has 80 valence electrons. The van der Waals surface area contributed by atoms with Crippen LogP contribution in [-0.2, 0) is 0 Å². The van der Waals surface area contributed by atoms with E-state index in [1.54, 1.807) is 0 Å². The highest BCUT2D eigenvalue weighted by Crippen LogP contribution is 2.00. The van der Waals surface area contributed by atoms with E-state index in [1.165, 1.54) is 37.7 Å². The maximum atomic E-state index is 5.38. The number of unbranched alkanes of at least 4 members (excludes halogenated alkanes) is 2. The van der Waals surface area contributed by atoms with Crippen LogP contribution in [0.4, 0.5) is 0 Å². The highest BCUT2D eigenvalue weighted by atomic mass is 35.5. The van der Waals surface area contributed by atoms with Crippen molar-refractivity contribution in [3.05, 3.63) is 11.6 Å². The summed E-state index contributed by atoms with van der Waals surface area (Å²) in [7, 11) is 0. The molecule has 0 aliphatic heterocycles. The zero-order chi connectivity index (χ0) is 10.5. The lowest BCUT2D eigenvalue weighted by Crippen LogP contribution is -1.70. The molecule has 0 saturated carbocycles. The molecule has 0 bridgehead atoms. The molecule has 0 aromatic heterocycles. The van der Waals surface area contributed by atoms with Crippen molar-refractivity contribution in [1.29, 1.82) is 0 Å². The SMILES string of the molecule is CC=C(C)CCC.CCCCCCl. The van der Waals surface area contributed by atoms with Crippen molar-refractivity contribution in [3.8, 4) is 0 Å². The number of rotatable bonds is 5. The Morgan fingerprint density at radius 3 is 1.92 bits per heavy atom. The van der Waals surface area contributed by atoms with Gasteiger partial charge in [0.15, 0.2) is 0 Å². The molecular weight excluding hydrogens is 180 g/mol. The van der Waals surface area contributed by atoms with E-state index in [1.807, 2.05) is 0 Å². The van der Waals surface area contributed by atoms with Gasteiger partial charge in [0.1, 0.15) is 0 Å². The summed E-state index contributed by atoms with van der Waals surface area (Å²) >= 11 is 5.38. The first-order valence-electron chi connectivity index (χ1n) is 5.40. The third kappa shape index (κ3) is 18.8. The molecule has 0 fully saturated rings. The maximum Gasteiger partial charge on any atom is 0.0223 e. The maximum absolute atomic E-state index is 5.38. The van der Waals surface area contributed by atoms with E-state index in [2.05, 4.69) is 33.8 Å². The number of halogens is 1. The van der Waals surface area contributed by atoms with Gasteiger partial charge in [-0.3, -0.25) is 0 Å². The Morgan fingerprint density at radius 2 is 1.77 bits per heavy atom. The largest absolute Gasteiger partial charge is 0.127 e. The lowest BCUT2D eigenvalue weighted by Gasteiger charge is -1.91. The Kier molecular flexibility index (Phi) is 17.3. The Labute approximate surface area is 89.4 Å². The predicted molar refractivity (Wildman–Crippen MR) is 64.6 cm³/mol. The van der Waals surface area contributed by atoms with Crippen LogP contribution >= 0.6 is 11.6 Å². The van der Waals surface area contributed by atoms with Gasteiger partial charge in [0.05, 0.1) is 0 Å². The summed E-state index contributed by atoms with van der Waals surface area (Å²) in [6.45, 7) is 8.63. The van der Waals surface area contributed by atoms with Crippen LogP contribution in [-0.4, -0.2) is 5.88 Å². The fourth-order valence-corrected chi connectivity index (χ4v) is 1.07. The Bertz CT molecular complexity index is 102. The monoisotopic (exact) mass is 204 g/mol. The minimum absolute atomic E-state index is 0.827. The minimum atomic E-state index is 0.827. The molecule has 0 heterocycles. The third-order valence-electron chi connectivity index (χ3n) is 1.87. The third-order valence-corrected chi connectivity index (χ3v) is 2.14. The summed E-state index contributed by atoms with van der Waals surface area (Å²) in [4.78, 5) is 0. The van der Waals surface area contributed by atoms with Crippen molar-refractivity contribution in [2.24, 2.45) is 0 Å². The number of hydrogen-bond acceptors (Lipinski definition) is 0. The van der Waals surface area contributed by atoms with E-state index in [4.69, 9.17) is 11.6 Å². The predicted octanol–water partition coefficient (Wildman–Crippen LogP) is 5.17. The van der Waals surface area contributed by atoms with E-state index >= 15 is 0 Å². The van der Waals surface area contributed by atoms with Gasteiger partial charge in [0.25, 0.3) is 0 Å². The number of hydrogen-bond donors (Lipinski definition) is 0. The molecule has 0 aliphatic carbocycles. The van der Waals surface area contributed by atoms with Crippen LogP contribution in [0.2, 0.25) is 0 Å². The Hall–Kier alpha value is 0.0300. The van der Waals surface area contributed by atoms with Crippen LogP contribution < -0.4 is 0 Å². The van der Waals surface area contributed by atoms with Gasteiger partial charge in [-0.15, -0.1) is 11.6 Å². The van der Waals surface area contributed by atoms with Gasteiger partial charge >= 0.3 is 0 Å². The molecule has 0 aromatic rings. The lowest BCUT2D eigenvalue weighted by atomic mass is 10.2. The second kappa shape index (κ2) is 14.5. The standard InChI is InChI=1S/C7H14.C5H11Cl/c1-4-6-7(3)5-2;1-2-3-4-5-6/h5H,4,6H2,1-3H3;2-5H2,1H3. The highest BCUT2D eigenvalue weighted by molar-refractivity contribution is 6.17. The first-order valence-corrected chi connectivity index (χ1v) is 5.94. The van der Waals surface area contributed by atoms with Gasteiger partial charge in [0, 0.05) is 5.88 Å². The average Bonchev–Trinajstić information content (AvgIpc) is 2.16. The summed E-state index contributed by atoms with van der Waals surface area (Å²) in [5, 5.41) is 0. The normalized spacial score (nSPS) is 10.7. The van der Waals surface area contributed by atoms with E-state index in [0.717, 1.165) is 5.88 Å². The quantitative estimate of drug-likeness (QED) is 0.329. The van der Waals surface area contributed by atoms with Crippen LogP contribution in [0.15, 0.2) is 11.6 Å². The van der Waals surface area contributed by atoms with Crippen LogP contribution in [0.3, 0.4) is 0 Å². The molecule has 0 aromatic carbocycles. The zero-order valence-corrected chi connectivity index (χ0v) is 10.5. The van der Waals surface area contributed by atoms with Crippen molar-refractivity contribution in [2.75, 3.05) is 5.88 Å². The zero-order valence-electron chi connectivity index (χ0n) is 9.70. The van der Waals surface area contributed by atoms with Gasteiger partial charge in [-0.1, -0.05) is 44.8 Å². The van der Waals surface area contributed by atoms with E-state index in [-0.39, 0.29) is 0 Å². The molecule has 13 heavy (non-hydrogen) atoms. The molecule has 0 aliphatic rings. The molecule has 0 unspecified atom stereocenters. The van der Waals surface area contributed by atoms with Gasteiger partial charge in [-0.05, 0) is 26.7 Å². The molecule has 0 spiro atoms. The molecule has 0 N–H and O–H groups in total. The number of allylic oxidation sites excluding steroid dienone is 2. The molecule has 1 heteroatoms. The van der Waals surface area contributed by atoms with Crippen LogP contribution in [0.1, 0.15) is 59.8 Å².